The van der Waals surface area contributed by atoms with E-state index in [4.69, 9.17) is 17.3 Å². The van der Waals surface area contributed by atoms with Crippen molar-refractivity contribution in [3.8, 4) is 0 Å². The van der Waals surface area contributed by atoms with Gasteiger partial charge in [-0.05, 0) is 35.7 Å². The summed E-state index contributed by atoms with van der Waals surface area (Å²) in [6.07, 6.45) is 0.789. The van der Waals surface area contributed by atoms with Crippen LogP contribution in [0.3, 0.4) is 0 Å². The number of hydrogen-bond acceptors (Lipinski definition) is 1. The van der Waals surface area contributed by atoms with Crippen molar-refractivity contribution in [3.05, 3.63) is 69.2 Å². The Kier molecular flexibility index (Phi) is 4.21. The molecule has 88 valence electrons. The lowest BCUT2D eigenvalue weighted by Gasteiger charge is -2.13. The SMILES string of the molecule is NC(Cc1ccc(Br)cc1)c1ccccc1Cl. The molecule has 2 N–H and O–H groups in total. The van der Waals surface area contributed by atoms with Gasteiger partial charge in [-0.3, -0.25) is 0 Å². The van der Waals surface area contributed by atoms with Crippen LogP contribution in [0.2, 0.25) is 5.02 Å². The van der Waals surface area contributed by atoms with Crippen molar-refractivity contribution in [2.45, 2.75) is 12.5 Å². The second-order valence-electron chi connectivity index (χ2n) is 3.96. The Bertz CT molecular complexity index is 496. The molecule has 2 aromatic rings. The molecular formula is C14H13BrClN. The molecule has 0 bridgehead atoms. The highest BCUT2D eigenvalue weighted by Gasteiger charge is 2.10. The first-order chi connectivity index (χ1) is 8.16. The molecule has 0 amide bonds. The van der Waals surface area contributed by atoms with Gasteiger partial charge in [0.15, 0.2) is 0 Å². The summed E-state index contributed by atoms with van der Waals surface area (Å²) in [7, 11) is 0. The summed E-state index contributed by atoms with van der Waals surface area (Å²) in [5.74, 6) is 0. The lowest BCUT2D eigenvalue weighted by atomic mass is 10.00. The molecule has 2 aromatic carbocycles. The third kappa shape index (κ3) is 3.32. The zero-order valence-electron chi connectivity index (χ0n) is 9.24. The Hall–Kier alpha value is -0.830. The molecule has 2 rings (SSSR count). The monoisotopic (exact) mass is 309 g/mol. The molecule has 0 fully saturated rings. The molecule has 3 heteroatoms. The van der Waals surface area contributed by atoms with E-state index in [-0.39, 0.29) is 6.04 Å². The zero-order chi connectivity index (χ0) is 12.3. The molecule has 0 spiro atoms. The lowest BCUT2D eigenvalue weighted by Crippen LogP contribution is -2.13. The van der Waals surface area contributed by atoms with E-state index in [0.717, 1.165) is 21.5 Å². The predicted molar refractivity (Wildman–Crippen MR) is 76.2 cm³/mol. The maximum atomic E-state index is 6.17. The highest BCUT2D eigenvalue weighted by Crippen LogP contribution is 2.24. The quantitative estimate of drug-likeness (QED) is 0.896. The standard InChI is InChI=1S/C14H13BrClN/c15-11-7-5-10(6-8-11)9-14(17)12-3-1-2-4-13(12)16/h1-8,14H,9,17H2. The summed E-state index contributed by atoms with van der Waals surface area (Å²) in [4.78, 5) is 0. The fourth-order valence-corrected chi connectivity index (χ4v) is 2.30. The van der Waals surface area contributed by atoms with Crippen LogP contribution in [0.25, 0.3) is 0 Å². The number of halogens is 2. The van der Waals surface area contributed by atoms with Gasteiger partial charge in [0.05, 0.1) is 0 Å². The van der Waals surface area contributed by atoms with Gasteiger partial charge in [0, 0.05) is 15.5 Å². The van der Waals surface area contributed by atoms with Crippen molar-refractivity contribution in [3.63, 3.8) is 0 Å². The molecule has 0 aliphatic carbocycles. The topological polar surface area (TPSA) is 26.0 Å². The summed E-state index contributed by atoms with van der Waals surface area (Å²) in [5, 5.41) is 0.733. The minimum atomic E-state index is -0.0649. The van der Waals surface area contributed by atoms with Crippen molar-refractivity contribution >= 4 is 27.5 Å². The van der Waals surface area contributed by atoms with E-state index in [2.05, 4.69) is 28.1 Å². The summed E-state index contributed by atoms with van der Waals surface area (Å²) in [6.45, 7) is 0. The van der Waals surface area contributed by atoms with E-state index in [9.17, 15) is 0 Å². The van der Waals surface area contributed by atoms with Crippen LogP contribution in [0, 0.1) is 0 Å². The molecule has 0 radical (unpaired) electrons. The minimum Gasteiger partial charge on any atom is -0.324 e. The van der Waals surface area contributed by atoms with E-state index in [1.807, 2.05) is 36.4 Å². The van der Waals surface area contributed by atoms with Gasteiger partial charge >= 0.3 is 0 Å². The number of hydrogen-bond donors (Lipinski definition) is 1. The Morgan fingerprint density at radius 3 is 2.35 bits per heavy atom. The molecule has 0 aromatic heterocycles. The number of nitrogens with two attached hydrogens (primary N) is 1. The molecule has 1 atom stereocenters. The maximum Gasteiger partial charge on any atom is 0.0453 e. The third-order valence-electron chi connectivity index (χ3n) is 2.67. The van der Waals surface area contributed by atoms with Crippen molar-refractivity contribution in [2.24, 2.45) is 5.73 Å². The van der Waals surface area contributed by atoms with E-state index in [1.165, 1.54) is 5.56 Å². The summed E-state index contributed by atoms with van der Waals surface area (Å²) >= 11 is 9.54. The van der Waals surface area contributed by atoms with Gasteiger partial charge < -0.3 is 5.73 Å². The van der Waals surface area contributed by atoms with Crippen molar-refractivity contribution < 1.29 is 0 Å². The summed E-state index contributed by atoms with van der Waals surface area (Å²) < 4.78 is 1.08. The minimum absolute atomic E-state index is 0.0649. The van der Waals surface area contributed by atoms with Gasteiger partial charge in [0.1, 0.15) is 0 Å². The molecule has 0 saturated heterocycles. The van der Waals surface area contributed by atoms with Gasteiger partial charge in [-0.2, -0.15) is 0 Å². The normalized spacial score (nSPS) is 12.4. The van der Waals surface area contributed by atoms with Crippen LogP contribution in [0.4, 0.5) is 0 Å². The average Bonchev–Trinajstić information content (AvgIpc) is 2.32. The molecular weight excluding hydrogens is 298 g/mol. The second-order valence-corrected chi connectivity index (χ2v) is 5.28. The fraction of sp³-hybridized carbons (Fsp3) is 0.143. The highest BCUT2D eigenvalue weighted by atomic mass is 79.9. The number of benzene rings is 2. The molecule has 1 unspecified atom stereocenters. The van der Waals surface area contributed by atoms with Gasteiger partial charge in [-0.15, -0.1) is 0 Å². The van der Waals surface area contributed by atoms with Gasteiger partial charge in [-0.1, -0.05) is 57.9 Å². The Morgan fingerprint density at radius 2 is 1.71 bits per heavy atom. The smallest absolute Gasteiger partial charge is 0.0453 e. The fourth-order valence-electron chi connectivity index (χ4n) is 1.76. The van der Waals surface area contributed by atoms with Crippen LogP contribution in [-0.2, 0) is 6.42 Å². The van der Waals surface area contributed by atoms with Crippen LogP contribution >= 0.6 is 27.5 Å². The highest BCUT2D eigenvalue weighted by molar-refractivity contribution is 9.10. The van der Waals surface area contributed by atoms with E-state index >= 15 is 0 Å². The molecule has 1 nitrogen and oxygen atoms in total. The van der Waals surface area contributed by atoms with Crippen LogP contribution in [0.1, 0.15) is 17.2 Å². The molecule has 17 heavy (non-hydrogen) atoms. The van der Waals surface area contributed by atoms with Crippen LogP contribution < -0.4 is 5.73 Å². The number of rotatable bonds is 3. The summed E-state index contributed by atoms with van der Waals surface area (Å²) in [5.41, 5.74) is 8.38. The first kappa shape index (κ1) is 12.6. The second kappa shape index (κ2) is 5.67. The maximum absolute atomic E-state index is 6.17. The Balaban J connectivity index is 2.14. The van der Waals surface area contributed by atoms with Crippen LogP contribution in [-0.4, -0.2) is 0 Å². The Labute approximate surface area is 115 Å². The molecule has 0 aliphatic heterocycles. The molecule has 0 aliphatic rings. The van der Waals surface area contributed by atoms with Crippen molar-refractivity contribution in [1.29, 1.82) is 0 Å². The third-order valence-corrected chi connectivity index (χ3v) is 3.55. The zero-order valence-corrected chi connectivity index (χ0v) is 11.6. The van der Waals surface area contributed by atoms with E-state index in [0.29, 0.717) is 0 Å². The van der Waals surface area contributed by atoms with E-state index in [1.54, 1.807) is 0 Å². The largest absolute Gasteiger partial charge is 0.324 e. The first-order valence-corrected chi connectivity index (χ1v) is 6.58. The van der Waals surface area contributed by atoms with Gasteiger partial charge in [0.2, 0.25) is 0 Å². The van der Waals surface area contributed by atoms with Crippen molar-refractivity contribution in [2.75, 3.05) is 0 Å². The van der Waals surface area contributed by atoms with E-state index < -0.39 is 0 Å². The predicted octanol–water partition coefficient (Wildman–Crippen LogP) is 4.35. The molecule has 0 saturated carbocycles. The van der Waals surface area contributed by atoms with Gasteiger partial charge in [-0.25, -0.2) is 0 Å². The van der Waals surface area contributed by atoms with Crippen molar-refractivity contribution in [1.82, 2.24) is 0 Å². The average molecular weight is 311 g/mol. The van der Waals surface area contributed by atoms with Gasteiger partial charge in [0.25, 0.3) is 0 Å². The summed E-state index contributed by atoms with van der Waals surface area (Å²) in [6, 6.07) is 15.8. The molecule has 0 heterocycles. The Morgan fingerprint density at radius 1 is 1.06 bits per heavy atom. The first-order valence-electron chi connectivity index (χ1n) is 5.41. The van der Waals surface area contributed by atoms with Crippen LogP contribution in [0.5, 0.6) is 0 Å². The lowest BCUT2D eigenvalue weighted by molar-refractivity contribution is 0.722. The van der Waals surface area contributed by atoms with Crippen LogP contribution in [0.15, 0.2) is 53.0 Å².